The molecule has 3 rings (SSSR count). The van der Waals surface area contributed by atoms with Crippen LogP contribution in [0.4, 0.5) is 26.3 Å². The molecule has 0 unspecified atom stereocenters. The van der Waals surface area contributed by atoms with E-state index in [-0.39, 0.29) is 12.0 Å². The quantitative estimate of drug-likeness (QED) is 0.458. The van der Waals surface area contributed by atoms with E-state index in [0.717, 1.165) is 31.7 Å². The molecule has 0 bridgehead atoms. The summed E-state index contributed by atoms with van der Waals surface area (Å²) < 4.78 is 69.3. The number of ether oxygens (including phenoxy) is 1. The Bertz CT molecular complexity index is 782. The van der Waals surface area contributed by atoms with Crippen LogP contribution in [-0.2, 0) is 25.7 Å². The number of hydrogen-bond acceptors (Lipinski definition) is 6. The SMILES string of the molecule is O=C(C[C@H]1OC[C@H]2CNCC[C@H]21)NCc1cccnc1.O=C(O)C(F)(F)F.O=C(O)C(F)(F)F. The lowest BCUT2D eigenvalue weighted by Gasteiger charge is -2.27. The number of fused-ring (bicyclic) bond motifs is 1. The Morgan fingerprint density at radius 1 is 1.12 bits per heavy atom. The van der Waals surface area contributed by atoms with Crippen LogP contribution in [0.1, 0.15) is 18.4 Å². The van der Waals surface area contributed by atoms with Crippen LogP contribution in [0.3, 0.4) is 0 Å². The lowest BCUT2D eigenvalue weighted by atomic mass is 9.84. The van der Waals surface area contributed by atoms with Gasteiger partial charge in [0.15, 0.2) is 0 Å². The summed E-state index contributed by atoms with van der Waals surface area (Å²) in [5.41, 5.74) is 1.02. The summed E-state index contributed by atoms with van der Waals surface area (Å²) in [5, 5.41) is 20.6. The Kier molecular flexibility index (Phi) is 11.2. The van der Waals surface area contributed by atoms with Crippen molar-refractivity contribution in [3.05, 3.63) is 30.1 Å². The molecule has 15 heteroatoms. The van der Waals surface area contributed by atoms with Gasteiger partial charge in [0.25, 0.3) is 0 Å². The highest BCUT2D eigenvalue weighted by Gasteiger charge is 2.40. The van der Waals surface area contributed by atoms with Crippen LogP contribution < -0.4 is 10.6 Å². The molecule has 192 valence electrons. The van der Waals surface area contributed by atoms with Crippen molar-refractivity contribution in [2.45, 2.75) is 37.8 Å². The third kappa shape index (κ3) is 10.8. The first-order valence-electron chi connectivity index (χ1n) is 9.80. The van der Waals surface area contributed by atoms with Gasteiger partial charge in [-0.2, -0.15) is 26.3 Å². The molecule has 3 heterocycles. The smallest absolute Gasteiger partial charge is 0.475 e. The molecule has 1 amide bonds. The predicted molar refractivity (Wildman–Crippen MR) is 102 cm³/mol. The van der Waals surface area contributed by atoms with E-state index in [9.17, 15) is 31.1 Å². The van der Waals surface area contributed by atoms with Crippen LogP contribution in [0.25, 0.3) is 0 Å². The van der Waals surface area contributed by atoms with E-state index in [1.54, 1.807) is 12.4 Å². The van der Waals surface area contributed by atoms with Crippen LogP contribution in [0.15, 0.2) is 24.5 Å². The first kappa shape index (κ1) is 29.1. The van der Waals surface area contributed by atoms with Crippen molar-refractivity contribution in [3.8, 4) is 0 Å². The molecule has 0 aliphatic carbocycles. The molecule has 0 spiro atoms. The molecule has 0 aromatic carbocycles. The van der Waals surface area contributed by atoms with E-state index in [0.29, 0.717) is 24.8 Å². The minimum atomic E-state index is -5.08. The van der Waals surface area contributed by atoms with Gasteiger partial charge in [-0.15, -0.1) is 0 Å². The number of nitrogens with zero attached hydrogens (tertiary/aromatic N) is 1. The fraction of sp³-hybridized carbons (Fsp3) is 0.579. The van der Waals surface area contributed by atoms with Gasteiger partial charge in [-0.25, -0.2) is 9.59 Å². The summed E-state index contributed by atoms with van der Waals surface area (Å²) in [4.78, 5) is 33.8. The zero-order chi connectivity index (χ0) is 25.9. The number of carbonyl (C=O) groups is 3. The predicted octanol–water partition coefficient (Wildman–Crippen LogP) is 1.98. The van der Waals surface area contributed by atoms with Crippen LogP contribution >= 0.6 is 0 Å². The summed E-state index contributed by atoms with van der Waals surface area (Å²) in [6, 6.07) is 3.84. The normalized spacial score (nSPS) is 21.6. The van der Waals surface area contributed by atoms with Gasteiger partial charge in [-0.3, -0.25) is 9.78 Å². The number of amides is 1. The van der Waals surface area contributed by atoms with Gasteiger partial charge < -0.3 is 25.6 Å². The highest BCUT2D eigenvalue weighted by atomic mass is 19.4. The minimum Gasteiger partial charge on any atom is -0.475 e. The molecule has 2 aliphatic rings. The number of halogens is 6. The zero-order valence-electron chi connectivity index (χ0n) is 17.5. The van der Waals surface area contributed by atoms with Crippen LogP contribution in [0, 0.1) is 11.8 Å². The maximum absolute atomic E-state index is 12.0. The molecule has 9 nitrogen and oxygen atoms in total. The molecule has 2 saturated heterocycles. The molecule has 3 atom stereocenters. The number of carboxylic acid groups (broad SMARTS) is 2. The van der Waals surface area contributed by atoms with Crippen molar-refractivity contribution < 1.29 is 55.7 Å². The van der Waals surface area contributed by atoms with Crippen LogP contribution in [0.2, 0.25) is 0 Å². The van der Waals surface area contributed by atoms with E-state index in [1.807, 2.05) is 12.1 Å². The molecule has 34 heavy (non-hydrogen) atoms. The van der Waals surface area contributed by atoms with Crippen molar-refractivity contribution in [2.75, 3.05) is 19.7 Å². The second-order valence-corrected chi connectivity index (χ2v) is 7.24. The standard InChI is InChI=1S/C15H21N3O2.2C2HF3O2/c19-15(18-8-11-2-1-4-16-7-11)6-14-13-3-5-17-9-12(13)10-20-14;2*3-2(4,5)1(6)7/h1-2,4,7,12-14,17H,3,5-6,8-10H2,(H,18,19);2*(H,6,7)/t12-,13-,14-;;/m1../s1. The largest absolute Gasteiger partial charge is 0.490 e. The van der Waals surface area contributed by atoms with Crippen LogP contribution in [0.5, 0.6) is 0 Å². The van der Waals surface area contributed by atoms with E-state index in [1.165, 1.54) is 0 Å². The number of aromatic nitrogens is 1. The average molecular weight is 503 g/mol. The van der Waals surface area contributed by atoms with Gasteiger partial charge in [-0.1, -0.05) is 6.07 Å². The maximum Gasteiger partial charge on any atom is 0.490 e. The highest BCUT2D eigenvalue weighted by molar-refractivity contribution is 5.76. The van der Waals surface area contributed by atoms with Gasteiger partial charge in [0.2, 0.25) is 5.91 Å². The molecule has 0 radical (unpaired) electrons. The molecule has 1 aromatic rings. The molecule has 0 saturated carbocycles. The summed E-state index contributed by atoms with van der Waals surface area (Å²) in [6.07, 6.45) is -4.98. The molecule has 2 fully saturated rings. The van der Waals surface area contributed by atoms with Crippen molar-refractivity contribution >= 4 is 17.8 Å². The van der Waals surface area contributed by atoms with E-state index in [2.05, 4.69) is 15.6 Å². The third-order valence-corrected chi connectivity index (χ3v) is 4.75. The van der Waals surface area contributed by atoms with Crippen molar-refractivity contribution in [3.63, 3.8) is 0 Å². The molecule has 2 aliphatic heterocycles. The molecule has 1 aromatic heterocycles. The Morgan fingerprint density at radius 3 is 2.21 bits per heavy atom. The van der Waals surface area contributed by atoms with Crippen molar-refractivity contribution in [2.24, 2.45) is 11.8 Å². The van der Waals surface area contributed by atoms with Crippen LogP contribution in [-0.4, -0.2) is 71.2 Å². The zero-order valence-corrected chi connectivity index (χ0v) is 17.5. The average Bonchev–Trinajstić information content (AvgIpc) is 3.15. The van der Waals surface area contributed by atoms with Gasteiger partial charge in [-0.05, 0) is 30.5 Å². The van der Waals surface area contributed by atoms with Crippen molar-refractivity contribution in [1.82, 2.24) is 15.6 Å². The number of rotatable bonds is 4. The van der Waals surface area contributed by atoms with E-state index >= 15 is 0 Å². The third-order valence-electron chi connectivity index (χ3n) is 4.75. The Hall–Kier alpha value is -2.94. The maximum atomic E-state index is 12.0. The van der Waals surface area contributed by atoms with Gasteiger partial charge in [0.1, 0.15) is 0 Å². The van der Waals surface area contributed by atoms with Gasteiger partial charge in [0, 0.05) is 31.4 Å². The van der Waals surface area contributed by atoms with Gasteiger partial charge in [0.05, 0.1) is 19.1 Å². The number of alkyl halides is 6. The second kappa shape index (κ2) is 13.1. The number of carboxylic acids is 2. The number of nitrogens with one attached hydrogen (secondary N) is 2. The fourth-order valence-electron chi connectivity index (χ4n) is 3.15. The second-order valence-electron chi connectivity index (χ2n) is 7.24. The fourth-order valence-corrected chi connectivity index (χ4v) is 3.15. The Balaban J connectivity index is 0.000000343. The van der Waals surface area contributed by atoms with Crippen molar-refractivity contribution in [1.29, 1.82) is 0 Å². The lowest BCUT2D eigenvalue weighted by molar-refractivity contribution is -0.193. The number of piperidine rings is 1. The topological polar surface area (TPSA) is 138 Å². The van der Waals surface area contributed by atoms with E-state index in [4.69, 9.17) is 24.5 Å². The lowest BCUT2D eigenvalue weighted by Crippen LogP contribution is -2.39. The molecular formula is C19H23F6N3O6. The monoisotopic (exact) mass is 503 g/mol. The Morgan fingerprint density at radius 2 is 1.71 bits per heavy atom. The van der Waals surface area contributed by atoms with Gasteiger partial charge >= 0.3 is 24.3 Å². The molecular weight excluding hydrogens is 480 g/mol. The first-order valence-corrected chi connectivity index (χ1v) is 9.80. The number of pyridine rings is 1. The summed E-state index contributed by atoms with van der Waals surface area (Å²) >= 11 is 0. The number of hydrogen-bond donors (Lipinski definition) is 4. The Labute approximate surface area is 189 Å². The number of carbonyl (C=O) groups excluding carboxylic acids is 1. The first-order chi connectivity index (χ1) is 15.7. The highest BCUT2D eigenvalue weighted by Crippen LogP contribution is 2.33. The minimum absolute atomic E-state index is 0.0676. The number of aliphatic carboxylic acids is 2. The van der Waals surface area contributed by atoms with E-state index < -0.39 is 24.3 Å². The summed E-state index contributed by atoms with van der Waals surface area (Å²) in [7, 11) is 0. The summed E-state index contributed by atoms with van der Waals surface area (Å²) in [5.74, 6) is -4.32. The molecule has 4 N–H and O–H groups in total. The summed E-state index contributed by atoms with van der Waals surface area (Å²) in [6.45, 7) is 3.39.